The number of benzene rings is 1. The Hall–Kier alpha value is -1.52. The van der Waals surface area contributed by atoms with Crippen LogP contribution in [-0.2, 0) is 0 Å². The molecule has 2 aromatic rings. The zero-order chi connectivity index (χ0) is 12.4. The van der Waals surface area contributed by atoms with Crippen molar-refractivity contribution in [2.75, 3.05) is 11.1 Å². The molecule has 0 aliphatic rings. The van der Waals surface area contributed by atoms with E-state index >= 15 is 0 Å². The van der Waals surface area contributed by atoms with Gasteiger partial charge in [0.1, 0.15) is 5.82 Å². The number of hydrogen-bond acceptors (Lipinski definition) is 3. The van der Waals surface area contributed by atoms with Gasteiger partial charge in [-0.1, -0.05) is 23.2 Å². The molecule has 0 saturated heterocycles. The number of hydrogen-bond donors (Lipinski definition) is 2. The molecule has 0 spiro atoms. The zero-order valence-electron chi connectivity index (χ0n) is 8.55. The van der Waals surface area contributed by atoms with Gasteiger partial charge in [0.25, 0.3) is 0 Å². The molecule has 2 rings (SSSR count). The fraction of sp³-hybridized carbons (Fsp3) is 0. The van der Waals surface area contributed by atoms with Gasteiger partial charge in [-0.2, -0.15) is 0 Å². The van der Waals surface area contributed by atoms with Gasteiger partial charge in [-0.05, 0) is 18.2 Å². The monoisotopic (exact) mass is 271 g/mol. The van der Waals surface area contributed by atoms with Crippen LogP contribution in [-0.4, -0.2) is 4.98 Å². The number of aromatic nitrogens is 1. The summed E-state index contributed by atoms with van der Waals surface area (Å²) in [4.78, 5) is 4.05. The highest BCUT2D eigenvalue weighted by molar-refractivity contribution is 6.35. The van der Waals surface area contributed by atoms with Gasteiger partial charge in [-0.25, -0.2) is 9.37 Å². The van der Waals surface area contributed by atoms with E-state index in [0.29, 0.717) is 17.2 Å². The molecule has 0 aliphatic heterocycles. The van der Waals surface area contributed by atoms with E-state index in [1.54, 1.807) is 18.3 Å². The number of anilines is 3. The first-order chi connectivity index (χ1) is 8.06. The van der Waals surface area contributed by atoms with Gasteiger partial charge in [-0.3, -0.25) is 0 Å². The first-order valence-corrected chi connectivity index (χ1v) is 5.45. The van der Waals surface area contributed by atoms with E-state index in [9.17, 15) is 4.39 Å². The molecule has 6 heteroatoms. The molecule has 3 N–H and O–H groups in total. The molecule has 1 aromatic heterocycles. The van der Waals surface area contributed by atoms with Crippen molar-refractivity contribution in [2.24, 2.45) is 0 Å². The van der Waals surface area contributed by atoms with E-state index < -0.39 is 5.82 Å². The quantitative estimate of drug-likeness (QED) is 0.816. The maximum absolute atomic E-state index is 13.2. The fourth-order valence-corrected chi connectivity index (χ4v) is 1.78. The predicted octanol–water partition coefficient (Wildman–Crippen LogP) is 3.85. The number of nitrogens with two attached hydrogens (primary N) is 1. The SMILES string of the molecule is Nc1ccnc(Nc2cc(Cl)c(F)c(Cl)c2)c1. The zero-order valence-corrected chi connectivity index (χ0v) is 10.1. The molecule has 0 bridgehead atoms. The summed E-state index contributed by atoms with van der Waals surface area (Å²) < 4.78 is 13.2. The number of pyridine rings is 1. The topological polar surface area (TPSA) is 50.9 Å². The van der Waals surface area contributed by atoms with Crippen LogP contribution in [0.1, 0.15) is 0 Å². The summed E-state index contributed by atoms with van der Waals surface area (Å²) in [5, 5.41) is 2.82. The number of nitrogens with zero attached hydrogens (tertiary/aromatic N) is 1. The third-order valence-electron chi connectivity index (χ3n) is 2.04. The van der Waals surface area contributed by atoms with E-state index in [0.717, 1.165) is 0 Å². The van der Waals surface area contributed by atoms with Gasteiger partial charge in [-0.15, -0.1) is 0 Å². The lowest BCUT2D eigenvalue weighted by molar-refractivity contribution is 0.629. The summed E-state index contributed by atoms with van der Waals surface area (Å²) in [5.74, 6) is -0.108. The van der Waals surface area contributed by atoms with Gasteiger partial charge >= 0.3 is 0 Å². The summed E-state index contributed by atoms with van der Waals surface area (Å²) in [7, 11) is 0. The number of nitrogens with one attached hydrogen (secondary N) is 1. The standard InChI is InChI=1S/C11H8Cl2FN3/c12-8-4-7(5-9(13)11(8)14)17-10-3-6(15)1-2-16-10/h1-5H,(H3,15,16,17). The van der Waals surface area contributed by atoms with Crippen LogP contribution in [0, 0.1) is 5.82 Å². The molecule has 1 aromatic carbocycles. The Kier molecular flexibility index (Phi) is 3.36. The van der Waals surface area contributed by atoms with Crippen molar-refractivity contribution in [3.63, 3.8) is 0 Å². The molecule has 0 aliphatic carbocycles. The van der Waals surface area contributed by atoms with Crippen molar-refractivity contribution in [3.05, 3.63) is 46.3 Å². The van der Waals surface area contributed by atoms with E-state index in [2.05, 4.69) is 10.3 Å². The maximum Gasteiger partial charge on any atom is 0.160 e. The Morgan fingerprint density at radius 1 is 1.18 bits per heavy atom. The Balaban J connectivity index is 2.31. The average Bonchev–Trinajstić information content (AvgIpc) is 2.26. The number of halogens is 3. The van der Waals surface area contributed by atoms with Crippen LogP contribution in [0.5, 0.6) is 0 Å². The Morgan fingerprint density at radius 2 is 1.82 bits per heavy atom. The molecule has 1 heterocycles. The fourth-order valence-electron chi connectivity index (χ4n) is 1.29. The van der Waals surface area contributed by atoms with E-state index in [4.69, 9.17) is 28.9 Å². The second kappa shape index (κ2) is 4.77. The van der Waals surface area contributed by atoms with Crippen LogP contribution < -0.4 is 11.1 Å². The van der Waals surface area contributed by atoms with Crippen molar-refractivity contribution in [1.29, 1.82) is 0 Å². The van der Waals surface area contributed by atoms with Gasteiger partial charge in [0.05, 0.1) is 10.0 Å². The Bertz CT molecular complexity index is 537. The Morgan fingerprint density at radius 3 is 2.41 bits per heavy atom. The molecule has 0 saturated carbocycles. The molecule has 88 valence electrons. The van der Waals surface area contributed by atoms with Gasteiger partial charge in [0.15, 0.2) is 5.82 Å². The maximum atomic E-state index is 13.2. The van der Waals surface area contributed by atoms with Crippen LogP contribution >= 0.6 is 23.2 Å². The van der Waals surface area contributed by atoms with Crippen molar-refractivity contribution < 1.29 is 4.39 Å². The van der Waals surface area contributed by atoms with Crippen molar-refractivity contribution in [1.82, 2.24) is 4.98 Å². The van der Waals surface area contributed by atoms with Crippen LogP contribution in [0.15, 0.2) is 30.5 Å². The molecule has 3 nitrogen and oxygen atoms in total. The van der Waals surface area contributed by atoms with Crippen molar-refractivity contribution >= 4 is 40.4 Å². The first kappa shape index (κ1) is 12.0. The summed E-state index contributed by atoms with van der Waals surface area (Å²) in [6, 6.07) is 6.16. The van der Waals surface area contributed by atoms with Gasteiger partial charge < -0.3 is 11.1 Å². The van der Waals surface area contributed by atoms with E-state index in [1.165, 1.54) is 12.1 Å². The third-order valence-corrected chi connectivity index (χ3v) is 2.59. The molecular weight excluding hydrogens is 264 g/mol. The minimum Gasteiger partial charge on any atom is -0.399 e. The first-order valence-electron chi connectivity index (χ1n) is 4.69. The second-order valence-electron chi connectivity index (χ2n) is 3.35. The molecule has 0 unspecified atom stereocenters. The van der Waals surface area contributed by atoms with Gasteiger partial charge in [0.2, 0.25) is 0 Å². The summed E-state index contributed by atoms with van der Waals surface area (Å²) in [5.41, 5.74) is 6.72. The summed E-state index contributed by atoms with van der Waals surface area (Å²) in [6.07, 6.45) is 1.56. The number of rotatable bonds is 2. The van der Waals surface area contributed by atoms with Gasteiger partial charge in [0, 0.05) is 23.6 Å². The largest absolute Gasteiger partial charge is 0.399 e. The van der Waals surface area contributed by atoms with Crippen LogP contribution in [0.3, 0.4) is 0 Å². The minimum atomic E-state index is -0.639. The normalized spacial score (nSPS) is 10.3. The van der Waals surface area contributed by atoms with Crippen molar-refractivity contribution in [2.45, 2.75) is 0 Å². The third kappa shape index (κ3) is 2.78. The van der Waals surface area contributed by atoms with E-state index in [-0.39, 0.29) is 10.0 Å². The summed E-state index contributed by atoms with van der Waals surface area (Å²) >= 11 is 11.3. The predicted molar refractivity (Wildman–Crippen MR) is 68.4 cm³/mol. The van der Waals surface area contributed by atoms with Crippen LogP contribution in [0.25, 0.3) is 0 Å². The highest BCUT2D eigenvalue weighted by Crippen LogP contribution is 2.28. The lowest BCUT2D eigenvalue weighted by atomic mass is 10.3. The number of nitrogen functional groups attached to an aromatic ring is 1. The molecule has 17 heavy (non-hydrogen) atoms. The molecule has 0 fully saturated rings. The molecule has 0 amide bonds. The van der Waals surface area contributed by atoms with Crippen LogP contribution in [0.2, 0.25) is 10.0 Å². The van der Waals surface area contributed by atoms with E-state index in [1.807, 2.05) is 0 Å². The lowest BCUT2D eigenvalue weighted by Gasteiger charge is -2.07. The van der Waals surface area contributed by atoms with Crippen LogP contribution in [0.4, 0.5) is 21.6 Å². The molecule has 0 radical (unpaired) electrons. The lowest BCUT2D eigenvalue weighted by Crippen LogP contribution is -1.95. The van der Waals surface area contributed by atoms with Crippen molar-refractivity contribution in [3.8, 4) is 0 Å². The smallest absolute Gasteiger partial charge is 0.160 e. The summed E-state index contributed by atoms with van der Waals surface area (Å²) in [6.45, 7) is 0. The molecular formula is C11H8Cl2FN3. The minimum absolute atomic E-state index is 0.0519. The second-order valence-corrected chi connectivity index (χ2v) is 4.17. The Labute approximate surface area is 107 Å². The highest BCUT2D eigenvalue weighted by atomic mass is 35.5. The average molecular weight is 272 g/mol. The molecule has 0 atom stereocenters. The highest BCUT2D eigenvalue weighted by Gasteiger charge is 2.07.